The Kier molecular flexibility index (Phi) is 3.42. The van der Waals surface area contributed by atoms with Crippen molar-refractivity contribution in [3.63, 3.8) is 0 Å². The van der Waals surface area contributed by atoms with E-state index in [4.69, 9.17) is 0 Å². The van der Waals surface area contributed by atoms with Gasteiger partial charge in [-0.25, -0.2) is 5.11 Å². The van der Waals surface area contributed by atoms with Gasteiger partial charge in [0.2, 0.25) is 0 Å². The fourth-order valence-electron chi connectivity index (χ4n) is 0.531. The number of hydrogen-bond donors (Lipinski definition) is 0. The molecule has 0 aliphatic carbocycles. The normalized spacial score (nSPS) is 13.9. The zero-order valence-corrected chi connectivity index (χ0v) is 5.53. The van der Waals surface area contributed by atoms with Crippen LogP contribution in [0.3, 0.4) is 0 Å². The van der Waals surface area contributed by atoms with Crippen molar-refractivity contribution in [3.05, 3.63) is 11.6 Å². The van der Waals surface area contributed by atoms with E-state index in [1.54, 1.807) is 0 Å². The van der Waals surface area contributed by atoms with Crippen molar-refractivity contribution in [1.82, 2.24) is 0 Å². The molecule has 1 nitrogen and oxygen atoms in total. The Morgan fingerprint density at radius 2 is 2.00 bits per heavy atom. The van der Waals surface area contributed by atoms with Crippen molar-refractivity contribution in [1.29, 1.82) is 0 Å². The lowest BCUT2D eigenvalue weighted by atomic mass is 10.2. The molecule has 1 radical (unpaired) electrons. The van der Waals surface area contributed by atoms with Crippen LogP contribution in [0.5, 0.6) is 0 Å². The second kappa shape index (κ2) is 3.61. The highest BCUT2D eigenvalue weighted by atomic mass is 19.4. The Labute approximate surface area is 57.2 Å². The zero-order chi connectivity index (χ0) is 8.20. The molecule has 10 heavy (non-hydrogen) atoms. The monoisotopic (exact) mass is 153 g/mol. The summed E-state index contributed by atoms with van der Waals surface area (Å²) in [6.07, 6.45) is -4.13. The molecule has 0 rings (SSSR count). The van der Waals surface area contributed by atoms with E-state index in [0.29, 0.717) is 0 Å². The Morgan fingerprint density at radius 3 is 2.30 bits per heavy atom. The standard InChI is InChI=1S/C6H8F3O/c1-5(2-3-10)4-6(7,8)9/h2H,3-4H2,1H3/b5-2+. The molecule has 0 fully saturated rings. The maximum absolute atomic E-state index is 11.5. The van der Waals surface area contributed by atoms with Crippen molar-refractivity contribution in [2.75, 3.05) is 6.61 Å². The molecule has 0 aromatic carbocycles. The molecule has 0 saturated heterocycles. The van der Waals surface area contributed by atoms with Crippen LogP contribution in [-0.4, -0.2) is 12.8 Å². The molecule has 0 saturated carbocycles. The third kappa shape index (κ3) is 5.62. The maximum Gasteiger partial charge on any atom is 0.392 e. The number of rotatable bonds is 2. The van der Waals surface area contributed by atoms with Crippen molar-refractivity contribution in [2.45, 2.75) is 19.5 Å². The summed E-state index contributed by atoms with van der Waals surface area (Å²) >= 11 is 0. The van der Waals surface area contributed by atoms with Crippen LogP contribution in [0.1, 0.15) is 13.3 Å². The first kappa shape index (κ1) is 9.49. The van der Waals surface area contributed by atoms with Crippen LogP contribution in [0.4, 0.5) is 13.2 Å². The predicted octanol–water partition coefficient (Wildman–Crippen LogP) is 2.32. The summed E-state index contributed by atoms with van der Waals surface area (Å²) in [7, 11) is 0. The molecular formula is C6H8F3O. The van der Waals surface area contributed by atoms with Crippen LogP contribution in [0.25, 0.3) is 0 Å². The molecule has 0 atom stereocenters. The summed E-state index contributed by atoms with van der Waals surface area (Å²) < 4.78 is 34.5. The predicted molar refractivity (Wildman–Crippen MR) is 30.0 cm³/mol. The number of alkyl halides is 3. The van der Waals surface area contributed by atoms with Gasteiger partial charge in [-0.3, -0.25) is 0 Å². The van der Waals surface area contributed by atoms with Crippen LogP contribution in [-0.2, 0) is 5.11 Å². The SMILES string of the molecule is C/C(=C\C[O])CC(F)(F)F. The molecule has 0 amide bonds. The van der Waals surface area contributed by atoms with Gasteiger partial charge in [0.05, 0.1) is 6.42 Å². The Hall–Kier alpha value is -0.510. The van der Waals surface area contributed by atoms with Gasteiger partial charge in [0.1, 0.15) is 6.61 Å². The van der Waals surface area contributed by atoms with Crippen molar-refractivity contribution in [3.8, 4) is 0 Å². The minimum absolute atomic E-state index is 0.0856. The van der Waals surface area contributed by atoms with Gasteiger partial charge >= 0.3 is 6.18 Å². The van der Waals surface area contributed by atoms with Crippen LogP contribution >= 0.6 is 0 Å². The maximum atomic E-state index is 11.5. The smallest absolute Gasteiger partial charge is 0.232 e. The summed E-state index contributed by atoms with van der Waals surface area (Å²) in [5.74, 6) is 0. The molecule has 0 spiro atoms. The molecule has 0 aromatic heterocycles. The van der Waals surface area contributed by atoms with Crippen LogP contribution in [0.15, 0.2) is 11.6 Å². The molecule has 0 aliphatic rings. The third-order valence-electron chi connectivity index (χ3n) is 0.911. The Morgan fingerprint density at radius 1 is 1.50 bits per heavy atom. The topological polar surface area (TPSA) is 19.9 Å². The second-order valence-corrected chi connectivity index (χ2v) is 2.01. The second-order valence-electron chi connectivity index (χ2n) is 2.01. The van der Waals surface area contributed by atoms with Gasteiger partial charge in [-0.05, 0) is 6.92 Å². The first-order valence-corrected chi connectivity index (χ1v) is 2.76. The summed E-state index contributed by atoms with van der Waals surface area (Å²) in [5.41, 5.74) is 0.0856. The van der Waals surface area contributed by atoms with Gasteiger partial charge in [-0.2, -0.15) is 13.2 Å². The lowest BCUT2D eigenvalue weighted by Gasteiger charge is -2.04. The molecule has 0 bridgehead atoms. The summed E-state index contributed by atoms with van der Waals surface area (Å²) in [6.45, 7) is 0.716. The largest absolute Gasteiger partial charge is 0.392 e. The fraction of sp³-hybridized carbons (Fsp3) is 0.667. The Balaban J connectivity index is 3.79. The van der Waals surface area contributed by atoms with E-state index in [2.05, 4.69) is 0 Å². The molecule has 59 valence electrons. The van der Waals surface area contributed by atoms with Gasteiger partial charge in [0, 0.05) is 0 Å². The first-order chi connectivity index (χ1) is 4.45. The summed E-state index contributed by atoms with van der Waals surface area (Å²) in [5, 5.41) is 9.78. The highest BCUT2D eigenvalue weighted by Crippen LogP contribution is 2.23. The van der Waals surface area contributed by atoms with E-state index in [1.165, 1.54) is 6.92 Å². The van der Waals surface area contributed by atoms with Crippen molar-refractivity contribution >= 4 is 0 Å². The van der Waals surface area contributed by atoms with E-state index in [-0.39, 0.29) is 5.57 Å². The van der Waals surface area contributed by atoms with Crippen molar-refractivity contribution < 1.29 is 18.3 Å². The molecule has 0 aromatic rings. The lowest BCUT2D eigenvalue weighted by Crippen LogP contribution is -2.07. The molecular weight excluding hydrogens is 145 g/mol. The van der Waals surface area contributed by atoms with E-state index in [1.807, 2.05) is 0 Å². The number of hydrogen-bond acceptors (Lipinski definition) is 0. The van der Waals surface area contributed by atoms with E-state index in [0.717, 1.165) is 6.08 Å². The first-order valence-electron chi connectivity index (χ1n) is 2.76. The number of halogens is 3. The highest BCUT2D eigenvalue weighted by Gasteiger charge is 2.26. The fourth-order valence-corrected chi connectivity index (χ4v) is 0.531. The average molecular weight is 153 g/mol. The lowest BCUT2D eigenvalue weighted by molar-refractivity contribution is -0.127. The highest BCUT2D eigenvalue weighted by molar-refractivity contribution is 4.99. The Bertz CT molecular complexity index is 125. The van der Waals surface area contributed by atoms with Crippen molar-refractivity contribution in [2.24, 2.45) is 0 Å². The van der Waals surface area contributed by atoms with E-state index >= 15 is 0 Å². The van der Waals surface area contributed by atoms with E-state index < -0.39 is 19.2 Å². The average Bonchev–Trinajstić information content (AvgIpc) is 1.59. The molecule has 0 unspecified atom stereocenters. The molecule has 0 N–H and O–H groups in total. The van der Waals surface area contributed by atoms with Gasteiger partial charge in [-0.15, -0.1) is 0 Å². The van der Waals surface area contributed by atoms with Crippen LogP contribution < -0.4 is 0 Å². The third-order valence-corrected chi connectivity index (χ3v) is 0.911. The van der Waals surface area contributed by atoms with Crippen LogP contribution in [0.2, 0.25) is 0 Å². The van der Waals surface area contributed by atoms with Gasteiger partial charge in [-0.1, -0.05) is 11.6 Å². The van der Waals surface area contributed by atoms with Gasteiger partial charge < -0.3 is 0 Å². The summed E-state index contributed by atoms with van der Waals surface area (Å²) in [4.78, 5) is 0. The van der Waals surface area contributed by atoms with Gasteiger partial charge in [0.25, 0.3) is 0 Å². The molecule has 4 heteroatoms. The van der Waals surface area contributed by atoms with Crippen LogP contribution in [0, 0.1) is 0 Å². The van der Waals surface area contributed by atoms with Gasteiger partial charge in [0.15, 0.2) is 0 Å². The number of allylic oxidation sites excluding steroid dienone is 1. The minimum atomic E-state index is -4.18. The van der Waals surface area contributed by atoms with E-state index in [9.17, 15) is 18.3 Å². The zero-order valence-electron chi connectivity index (χ0n) is 5.53. The molecule has 0 heterocycles. The quantitative estimate of drug-likeness (QED) is 0.542. The molecule has 0 aliphatic heterocycles. The minimum Gasteiger partial charge on any atom is -0.232 e. The summed E-state index contributed by atoms with van der Waals surface area (Å²) in [6, 6.07) is 0.